The Morgan fingerprint density at radius 2 is 1.95 bits per heavy atom. The molecule has 0 bridgehead atoms. The third-order valence-electron chi connectivity index (χ3n) is 5.46. The quantitative estimate of drug-likeness (QED) is 0.797. The number of rotatable bonds is 4. The minimum atomic E-state index is -0.279. The zero-order valence-corrected chi connectivity index (χ0v) is 13.8. The molecule has 2 saturated heterocycles. The maximum Gasteiger partial charge on any atom is 0.251 e. The maximum absolute atomic E-state index is 12.2. The third kappa shape index (κ3) is 3.42. The standard InChI is InChI=1S/C17H30N2O2/c1-13(2)19-12-17(21-14(3)16(19)20)7-10-18(11-8-17)9-6-15-4-5-15/h13-15H,4-12H2,1-3H3/t14-/m0/s1. The highest BCUT2D eigenvalue weighted by Crippen LogP contribution is 2.35. The van der Waals surface area contributed by atoms with Crippen LogP contribution in [0.15, 0.2) is 0 Å². The molecular formula is C17H30N2O2. The number of nitrogens with zero attached hydrogens (tertiary/aromatic N) is 2. The molecule has 0 aromatic heterocycles. The molecule has 21 heavy (non-hydrogen) atoms. The first-order valence-electron chi connectivity index (χ1n) is 8.70. The van der Waals surface area contributed by atoms with Crippen molar-refractivity contribution in [3.8, 4) is 0 Å². The Labute approximate surface area is 128 Å². The van der Waals surface area contributed by atoms with E-state index in [0.29, 0.717) is 0 Å². The second-order valence-corrected chi connectivity index (χ2v) is 7.58. The molecule has 0 unspecified atom stereocenters. The Morgan fingerprint density at radius 3 is 2.52 bits per heavy atom. The number of piperidine rings is 1. The molecule has 1 amide bonds. The molecule has 4 heteroatoms. The Morgan fingerprint density at radius 1 is 1.29 bits per heavy atom. The molecule has 0 radical (unpaired) electrons. The van der Waals surface area contributed by atoms with Crippen LogP contribution in [0.3, 0.4) is 0 Å². The van der Waals surface area contributed by atoms with E-state index < -0.39 is 0 Å². The number of hydrogen-bond acceptors (Lipinski definition) is 3. The number of likely N-dealkylation sites (tertiary alicyclic amines) is 1. The van der Waals surface area contributed by atoms with Crippen molar-refractivity contribution in [1.82, 2.24) is 9.80 Å². The fourth-order valence-electron chi connectivity index (χ4n) is 3.75. The first-order chi connectivity index (χ1) is 9.99. The van der Waals surface area contributed by atoms with Crippen LogP contribution in [-0.4, -0.2) is 59.6 Å². The van der Waals surface area contributed by atoms with Crippen LogP contribution in [0.4, 0.5) is 0 Å². The van der Waals surface area contributed by atoms with E-state index in [1.165, 1.54) is 25.8 Å². The number of morpholine rings is 1. The zero-order chi connectivity index (χ0) is 15.0. The van der Waals surface area contributed by atoms with Crippen molar-refractivity contribution < 1.29 is 9.53 Å². The van der Waals surface area contributed by atoms with Crippen LogP contribution in [0.2, 0.25) is 0 Å². The molecule has 1 atom stereocenters. The van der Waals surface area contributed by atoms with E-state index in [2.05, 4.69) is 18.7 Å². The van der Waals surface area contributed by atoms with Crippen LogP contribution in [0.1, 0.15) is 52.9 Å². The molecule has 1 spiro atoms. The van der Waals surface area contributed by atoms with Gasteiger partial charge in [0, 0.05) is 19.1 Å². The average molecular weight is 294 g/mol. The van der Waals surface area contributed by atoms with Gasteiger partial charge in [0.05, 0.1) is 12.1 Å². The second-order valence-electron chi connectivity index (χ2n) is 7.58. The van der Waals surface area contributed by atoms with Gasteiger partial charge in [0.25, 0.3) is 5.91 Å². The number of carbonyl (C=O) groups is 1. The maximum atomic E-state index is 12.2. The van der Waals surface area contributed by atoms with E-state index in [9.17, 15) is 4.79 Å². The highest BCUT2D eigenvalue weighted by atomic mass is 16.5. The van der Waals surface area contributed by atoms with Crippen molar-refractivity contribution in [3.63, 3.8) is 0 Å². The monoisotopic (exact) mass is 294 g/mol. The van der Waals surface area contributed by atoms with Crippen molar-refractivity contribution in [2.75, 3.05) is 26.2 Å². The first-order valence-corrected chi connectivity index (χ1v) is 8.70. The summed E-state index contributed by atoms with van der Waals surface area (Å²) in [4.78, 5) is 16.8. The lowest BCUT2D eigenvalue weighted by Crippen LogP contribution is -2.62. The largest absolute Gasteiger partial charge is 0.360 e. The van der Waals surface area contributed by atoms with Gasteiger partial charge >= 0.3 is 0 Å². The van der Waals surface area contributed by atoms with Gasteiger partial charge in [-0.05, 0) is 52.5 Å². The van der Waals surface area contributed by atoms with Crippen molar-refractivity contribution in [2.45, 2.75) is 70.6 Å². The molecule has 2 heterocycles. The molecule has 120 valence electrons. The first kappa shape index (κ1) is 15.3. The minimum Gasteiger partial charge on any atom is -0.360 e. The highest BCUT2D eigenvalue weighted by molar-refractivity contribution is 5.81. The summed E-state index contributed by atoms with van der Waals surface area (Å²) < 4.78 is 6.18. The van der Waals surface area contributed by atoms with Gasteiger partial charge in [0.2, 0.25) is 0 Å². The lowest BCUT2D eigenvalue weighted by Gasteiger charge is -2.50. The Hall–Kier alpha value is -0.610. The molecule has 3 aliphatic rings. The summed E-state index contributed by atoms with van der Waals surface area (Å²) in [6.07, 6.45) is 6.13. The van der Waals surface area contributed by atoms with Gasteiger partial charge < -0.3 is 14.5 Å². The van der Waals surface area contributed by atoms with Crippen molar-refractivity contribution in [3.05, 3.63) is 0 Å². The van der Waals surface area contributed by atoms with Gasteiger partial charge in [0.15, 0.2) is 0 Å². The van der Waals surface area contributed by atoms with Crippen LogP contribution in [0.5, 0.6) is 0 Å². The molecule has 0 N–H and O–H groups in total. The van der Waals surface area contributed by atoms with Crippen molar-refractivity contribution >= 4 is 5.91 Å². The summed E-state index contributed by atoms with van der Waals surface area (Å²) in [6, 6.07) is 0.272. The second kappa shape index (κ2) is 5.88. The van der Waals surface area contributed by atoms with Crippen LogP contribution in [0, 0.1) is 5.92 Å². The van der Waals surface area contributed by atoms with Crippen LogP contribution < -0.4 is 0 Å². The minimum absolute atomic E-state index is 0.0896. The summed E-state index contributed by atoms with van der Waals surface area (Å²) in [6.45, 7) is 10.4. The predicted octanol–water partition coefficient (Wildman–Crippen LogP) is 2.28. The number of ether oxygens (including phenoxy) is 1. The van der Waals surface area contributed by atoms with Crippen molar-refractivity contribution in [1.29, 1.82) is 0 Å². The van der Waals surface area contributed by atoms with Gasteiger partial charge in [-0.25, -0.2) is 0 Å². The van der Waals surface area contributed by atoms with E-state index in [1.54, 1.807) is 0 Å². The van der Waals surface area contributed by atoms with Gasteiger partial charge in [-0.1, -0.05) is 12.8 Å². The summed E-state index contributed by atoms with van der Waals surface area (Å²) in [5.41, 5.74) is -0.0896. The molecule has 0 aromatic rings. The molecular weight excluding hydrogens is 264 g/mol. The predicted molar refractivity (Wildman–Crippen MR) is 83.1 cm³/mol. The Bertz CT molecular complexity index is 384. The molecule has 3 fully saturated rings. The summed E-state index contributed by atoms with van der Waals surface area (Å²) >= 11 is 0. The van der Waals surface area contributed by atoms with Crippen LogP contribution in [-0.2, 0) is 9.53 Å². The molecule has 4 nitrogen and oxygen atoms in total. The fraction of sp³-hybridized carbons (Fsp3) is 0.941. The van der Waals surface area contributed by atoms with E-state index in [0.717, 1.165) is 38.4 Å². The smallest absolute Gasteiger partial charge is 0.251 e. The normalized spacial score (nSPS) is 30.4. The van der Waals surface area contributed by atoms with E-state index in [4.69, 9.17) is 4.74 Å². The third-order valence-corrected chi connectivity index (χ3v) is 5.46. The lowest BCUT2D eigenvalue weighted by molar-refractivity contribution is -0.192. The summed E-state index contributed by atoms with van der Waals surface area (Å²) in [5, 5.41) is 0. The molecule has 1 saturated carbocycles. The van der Waals surface area contributed by atoms with Gasteiger partial charge in [-0.3, -0.25) is 4.79 Å². The number of carbonyl (C=O) groups excluding carboxylic acids is 1. The summed E-state index contributed by atoms with van der Waals surface area (Å²) in [7, 11) is 0. The molecule has 2 aliphatic heterocycles. The Kier molecular flexibility index (Phi) is 4.28. The SMILES string of the molecule is CC(C)N1CC2(CCN(CCC3CC3)CC2)O[C@@H](C)C1=O. The topological polar surface area (TPSA) is 32.8 Å². The summed E-state index contributed by atoms with van der Waals surface area (Å²) in [5.74, 6) is 1.17. The van der Waals surface area contributed by atoms with E-state index in [1.807, 2.05) is 11.8 Å². The van der Waals surface area contributed by atoms with Gasteiger partial charge in [-0.2, -0.15) is 0 Å². The van der Waals surface area contributed by atoms with Crippen molar-refractivity contribution in [2.24, 2.45) is 5.92 Å². The van der Waals surface area contributed by atoms with Gasteiger partial charge in [0.1, 0.15) is 6.10 Å². The van der Waals surface area contributed by atoms with Crippen LogP contribution >= 0.6 is 0 Å². The number of amides is 1. The van der Waals surface area contributed by atoms with E-state index >= 15 is 0 Å². The number of hydrogen-bond donors (Lipinski definition) is 0. The van der Waals surface area contributed by atoms with Gasteiger partial charge in [-0.15, -0.1) is 0 Å². The Balaban J connectivity index is 1.56. The van der Waals surface area contributed by atoms with E-state index in [-0.39, 0.29) is 23.7 Å². The zero-order valence-electron chi connectivity index (χ0n) is 13.8. The molecule has 0 aromatic carbocycles. The lowest BCUT2D eigenvalue weighted by atomic mass is 9.88. The van der Waals surface area contributed by atoms with Crippen LogP contribution in [0.25, 0.3) is 0 Å². The fourth-order valence-corrected chi connectivity index (χ4v) is 3.75. The highest BCUT2D eigenvalue weighted by Gasteiger charge is 2.45. The average Bonchev–Trinajstić information content (AvgIpc) is 3.26. The molecule has 3 rings (SSSR count). The molecule has 1 aliphatic carbocycles.